The topological polar surface area (TPSA) is 83.8 Å². The van der Waals surface area contributed by atoms with Gasteiger partial charge in [0.15, 0.2) is 0 Å². The van der Waals surface area contributed by atoms with Gasteiger partial charge in [-0.15, -0.1) is 0 Å². The van der Waals surface area contributed by atoms with E-state index in [9.17, 15) is 4.79 Å². The molecule has 2 rings (SSSR count). The predicted octanol–water partition coefficient (Wildman–Crippen LogP) is 1.85. The fourth-order valence-electron chi connectivity index (χ4n) is 1.74. The van der Waals surface area contributed by atoms with Gasteiger partial charge in [0.25, 0.3) is 5.91 Å². The fraction of sp³-hybridized carbons (Fsp3) is 0.333. The van der Waals surface area contributed by atoms with Crippen LogP contribution in [-0.4, -0.2) is 28.2 Å². The molecule has 20 heavy (non-hydrogen) atoms. The number of hydrogen-bond donors (Lipinski definition) is 3. The zero-order valence-electron chi connectivity index (χ0n) is 12.0. The smallest absolute Gasteiger partial charge is 0.269 e. The van der Waals surface area contributed by atoms with E-state index in [0.29, 0.717) is 12.2 Å². The highest BCUT2D eigenvalue weighted by Gasteiger charge is 2.20. The Labute approximate surface area is 118 Å². The van der Waals surface area contributed by atoms with Crippen molar-refractivity contribution in [3.63, 3.8) is 0 Å². The van der Waals surface area contributed by atoms with Crippen LogP contribution in [0.4, 0.5) is 0 Å². The summed E-state index contributed by atoms with van der Waals surface area (Å²) in [6, 6.07) is 9.74. The van der Waals surface area contributed by atoms with Crippen molar-refractivity contribution in [1.29, 1.82) is 0 Å². The van der Waals surface area contributed by atoms with Crippen molar-refractivity contribution >= 4 is 5.91 Å². The van der Waals surface area contributed by atoms with Crippen molar-refractivity contribution < 1.29 is 4.79 Å². The first-order valence-corrected chi connectivity index (χ1v) is 6.56. The summed E-state index contributed by atoms with van der Waals surface area (Å²) in [5, 5.41) is 9.80. The molecule has 5 nitrogen and oxygen atoms in total. The van der Waals surface area contributed by atoms with Gasteiger partial charge in [-0.25, -0.2) is 0 Å². The minimum Gasteiger partial charge on any atom is -0.345 e. The van der Waals surface area contributed by atoms with Crippen molar-refractivity contribution in [2.45, 2.75) is 26.3 Å². The molecule has 2 aromatic rings. The molecule has 0 bridgehead atoms. The summed E-state index contributed by atoms with van der Waals surface area (Å²) in [5.74, 6) is -0.202. The first kappa shape index (κ1) is 14.3. The van der Waals surface area contributed by atoms with E-state index in [4.69, 9.17) is 5.73 Å². The van der Waals surface area contributed by atoms with E-state index in [-0.39, 0.29) is 5.91 Å². The summed E-state index contributed by atoms with van der Waals surface area (Å²) < 4.78 is 0. The number of carbonyl (C=O) groups is 1. The molecule has 0 aliphatic rings. The largest absolute Gasteiger partial charge is 0.345 e. The second-order valence-corrected chi connectivity index (χ2v) is 5.58. The lowest BCUT2D eigenvalue weighted by Gasteiger charge is -2.23. The van der Waals surface area contributed by atoms with E-state index in [1.54, 1.807) is 6.07 Å². The molecule has 0 aliphatic heterocycles. The normalized spacial score (nSPS) is 11.4. The van der Waals surface area contributed by atoms with Crippen LogP contribution < -0.4 is 11.1 Å². The third-order valence-electron chi connectivity index (χ3n) is 3.13. The van der Waals surface area contributed by atoms with Gasteiger partial charge < -0.3 is 11.1 Å². The van der Waals surface area contributed by atoms with Gasteiger partial charge in [0, 0.05) is 17.6 Å². The number of aromatic amines is 1. The average Bonchev–Trinajstić information content (AvgIpc) is 2.89. The van der Waals surface area contributed by atoms with Crippen LogP contribution in [0.1, 0.15) is 29.9 Å². The molecule has 0 aliphatic carbocycles. The number of aryl methyl sites for hydroxylation is 1. The molecule has 0 fully saturated rings. The lowest BCUT2D eigenvalue weighted by atomic mass is 10.1. The van der Waals surface area contributed by atoms with Gasteiger partial charge in [-0.05, 0) is 26.8 Å². The molecular formula is C15H20N4O. The predicted molar refractivity (Wildman–Crippen MR) is 79.4 cm³/mol. The minimum absolute atomic E-state index is 0.202. The molecule has 5 heteroatoms. The molecule has 0 atom stereocenters. The number of nitrogens with one attached hydrogen (secondary N) is 2. The number of carbonyl (C=O) groups excluding carboxylic acids is 1. The van der Waals surface area contributed by atoms with E-state index in [1.165, 1.54) is 5.56 Å². The van der Waals surface area contributed by atoms with Crippen LogP contribution in [0.25, 0.3) is 11.3 Å². The average molecular weight is 272 g/mol. The molecule has 1 aromatic carbocycles. The van der Waals surface area contributed by atoms with Crippen LogP contribution in [0.2, 0.25) is 0 Å². The number of rotatable bonds is 4. The Morgan fingerprint density at radius 3 is 2.60 bits per heavy atom. The van der Waals surface area contributed by atoms with Gasteiger partial charge >= 0.3 is 0 Å². The van der Waals surface area contributed by atoms with Crippen molar-refractivity contribution in [3.05, 3.63) is 41.6 Å². The van der Waals surface area contributed by atoms with Gasteiger partial charge in [0.05, 0.1) is 5.69 Å². The standard InChI is InChI=1S/C15H20N4O/c1-10-4-6-11(7-5-10)12-8-13(19-18-12)14(20)17-15(2,3)9-16/h4-8H,9,16H2,1-3H3,(H,17,20)(H,18,19). The fourth-order valence-corrected chi connectivity index (χ4v) is 1.74. The number of amides is 1. The van der Waals surface area contributed by atoms with E-state index in [2.05, 4.69) is 15.5 Å². The van der Waals surface area contributed by atoms with Crippen LogP contribution in [0.3, 0.4) is 0 Å². The number of nitrogens with two attached hydrogens (primary N) is 1. The third-order valence-corrected chi connectivity index (χ3v) is 3.13. The molecule has 0 unspecified atom stereocenters. The van der Waals surface area contributed by atoms with Gasteiger partial charge in [-0.3, -0.25) is 9.89 Å². The highest BCUT2D eigenvalue weighted by Crippen LogP contribution is 2.18. The molecule has 1 heterocycles. The summed E-state index contributed by atoms with van der Waals surface area (Å²) >= 11 is 0. The maximum atomic E-state index is 12.1. The molecule has 0 saturated carbocycles. The van der Waals surface area contributed by atoms with Crippen molar-refractivity contribution in [3.8, 4) is 11.3 Å². The van der Waals surface area contributed by atoms with Crippen molar-refractivity contribution in [1.82, 2.24) is 15.5 Å². The molecule has 4 N–H and O–H groups in total. The Balaban J connectivity index is 2.17. The summed E-state index contributed by atoms with van der Waals surface area (Å²) in [5.41, 5.74) is 8.51. The second-order valence-electron chi connectivity index (χ2n) is 5.58. The van der Waals surface area contributed by atoms with Crippen LogP contribution >= 0.6 is 0 Å². The van der Waals surface area contributed by atoms with Crippen molar-refractivity contribution in [2.75, 3.05) is 6.54 Å². The number of aromatic nitrogens is 2. The molecule has 106 valence electrons. The van der Waals surface area contributed by atoms with Gasteiger partial charge in [-0.2, -0.15) is 5.10 Å². The Kier molecular flexibility index (Phi) is 3.90. The zero-order valence-corrected chi connectivity index (χ0v) is 12.0. The van der Waals surface area contributed by atoms with Gasteiger partial charge in [-0.1, -0.05) is 29.8 Å². The molecule has 0 saturated heterocycles. The van der Waals surface area contributed by atoms with E-state index in [0.717, 1.165) is 11.3 Å². The van der Waals surface area contributed by atoms with E-state index >= 15 is 0 Å². The lowest BCUT2D eigenvalue weighted by molar-refractivity contribution is 0.0910. The van der Waals surface area contributed by atoms with E-state index in [1.807, 2.05) is 45.0 Å². The first-order chi connectivity index (χ1) is 9.41. The third kappa shape index (κ3) is 3.24. The van der Waals surface area contributed by atoms with Crippen LogP contribution in [0, 0.1) is 6.92 Å². The summed E-state index contributed by atoms with van der Waals surface area (Å²) in [7, 11) is 0. The summed E-state index contributed by atoms with van der Waals surface area (Å²) in [6.45, 7) is 6.16. The number of nitrogens with zero attached hydrogens (tertiary/aromatic N) is 1. The Hall–Kier alpha value is -2.14. The molecule has 0 radical (unpaired) electrons. The minimum atomic E-state index is -0.438. The number of hydrogen-bond acceptors (Lipinski definition) is 3. The maximum Gasteiger partial charge on any atom is 0.269 e. The molecule has 1 amide bonds. The highest BCUT2D eigenvalue weighted by molar-refractivity contribution is 5.93. The van der Waals surface area contributed by atoms with Crippen molar-refractivity contribution in [2.24, 2.45) is 5.73 Å². The van der Waals surface area contributed by atoms with Gasteiger partial charge in [0.1, 0.15) is 5.69 Å². The number of benzene rings is 1. The summed E-state index contributed by atoms with van der Waals surface area (Å²) in [4.78, 5) is 12.1. The monoisotopic (exact) mass is 272 g/mol. The SMILES string of the molecule is Cc1ccc(-c2cc(C(=O)NC(C)(C)CN)[nH]n2)cc1. The van der Waals surface area contributed by atoms with Crippen LogP contribution in [-0.2, 0) is 0 Å². The zero-order chi connectivity index (χ0) is 14.8. The van der Waals surface area contributed by atoms with E-state index < -0.39 is 5.54 Å². The van der Waals surface area contributed by atoms with Crippen LogP contribution in [0.5, 0.6) is 0 Å². The Morgan fingerprint density at radius 1 is 1.35 bits per heavy atom. The Bertz CT molecular complexity index is 599. The maximum absolute atomic E-state index is 12.1. The molecule has 0 spiro atoms. The Morgan fingerprint density at radius 2 is 2.00 bits per heavy atom. The molecule has 1 aromatic heterocycles. The highest BCUT2D eigenvalue weighted by atomic mass is 16.2. The quantitative estimate of drug-likeness (QED) is 0.794. The van der Waals surface area contributed by atoms with Gasteiger partial charge in [0.2, 0.25) is 0 Å². The molecular weight excluding hydrogens is 252 g/mol. The lowest BCUT2D eigenvalue weighted by Crippen LogP contribution is -2.48. The van der Waals surface area contributed by atoms with Crippen LogP contribution in [0.15, 0.2) is 30.3 Å². The first-order valence-electron chi connectivity index (χ1n) is 6.56. The summed E-state index contributed by atoms with van der Waals surface area (Å²) in [6.07, 6.45) is 0. The second kappa shape index (κ2) is 5.46. The number of H-pyrrole nitrogens is 1.